The van der Waals surface area contributed by atoms with Crippen LogP contribution in [0.3, 0.4) is 0 Å². The van der Waals surface area contributed by atoms with Crippen molar-refractivity contribution < 1.29 is 4.52 Å². The molecule has 0 saturated carbocycles. The smallest absolute Gasteiger partial charge is 0.229 e. The lowest BCUT2D eigenvalue weighted by Crippen LogP contribution is -1.94. The fourth-order valence-corrected chi connectivity index (χ4v) is 2.21. The van der Waals surface area contributed by atoms with Crippen LogP contribution in [0, 0.1) is 11.3 Å². The number of nitriles is 1. The molecule has 0 aliphatic carbocycles. The Balaban J connectivity index is 1.98. The number of nitrogens with zero attached hydrogens (tertiary/aromatic N) is 3. The van der Waals surface area contributed by atoms with Crippen LogP contribution in [0.5, 0.6) is 0 Å². The molecule has 0 amide bonds. The molecule has 2 heterocycles. The van der Waals surface area contributed by atoms with Gasteiger partial charge in [0, 0.05) is 23.6 Å². The average molecular weight is 247 g/mol. The zero-order valence-corrected chi connectivity index (χ0v) is 10.4. The van der Waals surface area contributed by atoms with Crippen LogP contribution in [-0.2, 0) is 6.42 Å². The lowest BCUT2D eigenvalue weighted by atomic mass is 10.1. The van der Waals surface area contributed by atoms with Crippen molar-refractivity contribution >= 4 is 11.3 Å². The van der Waals surface area contributed by atoms with E-state index in [1.54, 1.807) is 11.3 Å². The molecule has 2 aromatic rings. The molecule has 1 atom stereocenters. The first-order chi connectivity index (χ1) is 8.29. The largest absolute Gasteiger partial charge is 0.339 e. The summed E-state index contributed by atoms with van der Waals surface area (Å²) in [5.41, 5.74) is 0. The summed E-state index contributed by atoms with van der Waals surface area (Å²) in [6.45, 7) is 2.00. The van der Waals surface area contributed by atoms with Gasteiger partial charge in [0.15, 0.2) is 5.82 Å². The van der Waals surface area contributed by atoms with Crippen LogP contribution < -0.4 is 0 Å². The molecule has 2 aromatic heterocycles. The minimum absolute atomic E-state index is 0.152. The molecule has 0 aromatic carbocycles. The first kappa shape index (κ1) is 11.8. The Hall–Kier alpha value is -1.67. The molecule has 1 unspecified atom stereocenters. The highest BCUT2D eigenvalue weighted by Gasteiger charge is 2.14. The molecule has 0 saturated heterocycles. The normalized spacial score (nSPS) is 12.2. The first-order valence-corrected chi connectivity index (χ1v) is 6.39. The predicted octanol–water partition coefficient (Wildman–Crippen LogP) is 3.13. The van der Waals surface area contributed by atoms with Crippen molar-refractivity contribution in [1.82, 2.24) is 10.1 Å². The van der Waals surface area contributed by atoms with Gasteiger partial charge in [-0.25, -0.2) is 0 Å². The maximum Gasteiger partial charge on any atom is 0.229 e. The van der Waals surface area contributed by atoms with Crippen LogP contribution in [-0.4, -0.2) is 10.1 Å². The second-order valence-electron chi connectivity index (χ2n) is 3.90. The van der Waals surface area contributed by atoms with E-state index in [9.17, 15) is 0 Å². The van der Waals surface area contributed by atoms with Crippen molar-refractivity contribution in [3.8, 4) is 6.07 Å². The van der Waals surface area contributed by atoms with Gasteiger partial charge in [0.2, 0.25) is 5.89 Å². The van der Waals surface area contributed by atoms with Gasteiger partial charge in [-0.2, -0.15) is 10.2 Å². The molecule has 5 heteroatoms. The molecule has 0 aliphatic rings. The second kappa shape index (κ2) is 5.60. The molecule has 2 rings (SSSR count). The fourth-order valence-electron chi connectivity index (χ4n) is 1.51. The Kier molecular flexibility index (Phi) is 3.89. The molecule has 88 valence electrons. The maximum absolute atomic E-state index is 8.52. The summed E-state index contributed by atoms with van der Waals surface area (Å²) >= 11 is 1.68. The zero-order valence-electron chi connectivity index (χ0n) is 9.59. The van der Waals surface area contributed by atoms with E-state index in [4.69, 9.17) is 9.78 Å². The lowest BCUT2D eigenvalue weighted by Gasteiger charge is -2.00. The van der Waals surface area contributed by atoms with Gasteiger partial charge >= 0.3 is 0 Å². The minimum atomic E-state index is 0.152. The van der Waals surface area contributed by atoms with Gasteiger partial charge in [0.05, 0.1) is 6.07 Å². The summed E-state index contributed by atoms with van der Waals surface area (Å²) in [6.07, 6.45) is 1.99. The Labute approximate surface area is 104 Å². The highest BCUT2D eigenvalue weighted by atomic mass is 32.1. The van der Waals surface area contributed by atoms with Gasteiger partial charge in [-0.3, -0.25) is 0 Å². The first-order valence-electron chi connectivity index (χ1n) is 5.51. The summed E-state index contributed by atoms with van der Waals surface area (Å²) in [5, 5.41) is 14.5. The molecule has 0 aliphatic heterocycles. The van der Waals surface area contributed by atoms with Crippen molar-refractivity contribution in [2.24, 2.45) is 0 Å². The molecule has 0 bridgehead atoms. The van der Waals surface area contributed by atoms with E-state index in [0.29, 0.717) is 24.6 Å². The highest BCUT2D eigenvalue weighted by molar-refractivity contribution is 7.09. The van der Waals surface area contributed by atoms with E-state index < -0.39 is 0 Å². The second-order valence-corrected chi connectivity index (χ2v) is 4.94. The molecule has 0 fully saturated rings. The van der Waals surface area contributed by atoms with Crippen molar-refractivity contribution in [2.45, 2.75) is 32.1 Å². The third-order valence-corrected chi connectivity index (χ3v) is 3.38. The average Bonchev–Trinajstić information content (AvgIpc) is 2.98. The molecular weight excluding hydrogens is 234 g/mol. The van der Waals surface area contributed by atoms with Gasteiger partial charge in [-0.1, -0.05) is 18.1 Å². The van der Waals surface area contributed by atoms with Gasteiger partial charge in [-0.05, 0) is 17.9 Å². The van der Waals surface area contributed by atoms with E-state index in [1.807, 2.05) is 18.4 Å². The van der Waals surface area contributed by atoms with Gasteiger partial charge in [-0.15, -0.1) is 11.3 Å². The molecule has 0 N–H and O–H groups in total. The molecule has 4 nitrogen and oxygen atoms in total. The minimum Gasteiger partial charge on any atom is -0.339 e. The summed E-state index contributed by atoms with van der Waals surface area (Å²) in [7, 11) is 0. The summed E-state index contributed by atoms with van der Waals surface area (Å²) < 4.78 is 5.21. The van der Waals surface area contributed by atoms with E-state index in [-0.39, 0.29) is 5.92 Å². The Morgan fingerprint density at radius 2 is 2.47 bits per heavy atom. The summed E-state index contributed by atoms with van der Waals surface area (Å²) in [4.78, 5) is 5.58. The van der Waals surface area contributed by atoms with Crippen molar-refractivity contribution in [2.75, 3.05) is 0 Å². The third-order valence-electron chi connectivity index (χ3n) is 2.51. The monoisotopic (exact) mass is 247 g/mol. The van der Waals surface area contributed by atoms with E-state index >= 15 is 0 Å². The van der Waals surface area contributed by atoms with E-state index in [1.165, 1.54) is 4.88 Å². The van der Waals surface area contributed by atoms with E-state index in [0.717, 1.165) is 6.42 Å². The zero-order chi connectivity index (χ0) is 12.1. The highest BCUT2D eigenvalue weighted by Crippen LogP contribution is 2.20. The Morgan fingerprint density at radius 3 is 3.18 bits per heavy atom. The van der Waals surface area contributed by atoms with E-state index in [2.05, 4.69) is 22.3 Å². The molecule has 0 spiro atoms. The number of hydrogen-bond acceptors (Lipinski definition) is 5. The van der Waals surface area contributed by atoms with Crippen LogP contribution in [0.1, 0.15) is 42.3 Å². The number of rotatable bonds is 5. The number of thiophene rings is 1. The van der Waals surface area contributed by atoms with Gasteiger partial charge in [0.25, 0.3) is 0 Å². The summed E-state index contributed by atoms with van der Waals surface area (Å²) in [5.74, 6) is 1.50. The van der Waals surface area contributed by atoms with Crippen LogP contribution in [0.15, 0.2) is 22.0 Å². The van der Waals surface area contributed by atoms with Crippen LogP contribution in [0.2, 0.25) is 0 Å². The third kappa shape index (κ3) is 3.14. The number of hydrogen-bond donors (Lipinski definition) is 0. The van der Waals surface area contributed by atoms with Crippen LogP contribution in [0.25, 0.3) is 0 Å². The standard InChI is InChI=1S/C12H13N3OS/c1-9(4-2-6-13)12-14-11(15-16-12)8-10-5-3-7-17-10/h3,5,7,9H,2,4,8H2,1H3. The van der Waals surface area contributed by atoms with Crippen LogP contribution >= 0.6 is 11.3 Å². The van der Waals surface area contributed by atoms with Crippen LogP contribution in [0.4, 0.5) is 0 Å². The van der Waals surface area contributed by atoms with Crippen molar-refractivity contribution in [3.05, 3.63) is 34.1 Å². The van der Waals surface area contributed by atoms with Gasteiger partial charge < -0.3 is 4.52 Å². The molecule has 17 heavy (non-hydrogen) atoms. The Morgan fingerprint density at radius 1 is 1.59 bits per heavy atom. The van der Waals surface area contributed by atoms with Crippen molar-refractivity contribution in [3.63, 3.8) is 0 Å². The molecule has 0 radical (unpaired) electrons. The predicted molar refractivity (Wildman–Crippen MR) is 64.7 cm³/mol. The quantitative estimate of drug-likeness (QED) is 0.814. The number of aromatic nitrogens is 2. The lowest BCUT2D eigenvalue weighted by molar-refractivity contribution is 0.351. The SMILES string of the molecule is CC(CCC#N)c1nc(Cc2cccs2)no1. The molecular formula is C12H13N3OS. The fraction of sp³-hybridized carbons (Fsp3) is 0.417. The van der Waals surface area contributed by atoms with Gasteiger partial charge in [0.1, 0.15) is 0 Å². The maximum atomic E-state index is 8.52. The Bertz CT molecular complexity index is 498. The topological polar surface area (TPSA) is 62.7 Å². The van der Waals surface area contributed by atoms with Crippen molar-refractivity contribution in [1.29, 1.82) is 5.26 Å². The summed E-state index contributed by atoms with van der Waals surface area (Å²) in [6, 6.07) is 6.19.